The van der Waals surface area contributed by atoms with E-state index in [0.717, 1.165) is 44.8 Å². The van der Waals surface area contributed by atoms with Gasteiger partial charge in [-0.05, 0) is 38.5 Å². The molecule has 4 nitrogen and oxygen atoms in total. The van der Waals surface area contributed by atoms with Gasteiger partial charge in [0.2, 0.25) is 5.91 Å². The Balaban J connectivity index is 1.42. The normalized spacial score (nSPS) is 29.1. The molecule has 19 heavy (non-hydrogen) atoms. The van der Waals surface area contributed by atoms with Crippen LogP contribution in [0.15, 0.2) is 0 Å². The minimum atomic E-state index is -0.513. The van der Waals surface area contributed by atoms with Gasteiger partial charge in [0.05, 0.1) is 5.54 Å². The highest BCUT2D eigenvalue weighted by molar-refractivity contribution is 5.89. The number of nitrogens with one attached hydrogen (secondary N) is 1. The van der Waals surface area contributed by atoms with Crippen LogP contribution in [0, 0.1) is 0 Å². The second-order valence-electron chi connectivity index (χ2n) is 6.73. The highest BCUT2D eigenvalue weighted by Crippen LogP contribution is 2.32. The molecular formula is C15H27N3O. The zero-order valence-corrected chi connectivity index (χ0v) is 11.9. The van der Waals surface area contributed by atoms with E-state index in [1.165, 1.54) is 32.1 Å². The lowest BCUT2D eigenvalue weighted by Gasteiger charge is -2.39. The number of carbonyl (C=O) groups is 1. The topological polar surface area (TPSA) is 58.4 Å². The van der Waals surface area contributed by atoms with E-state index in [2.05, 4.69) is 10.2 Å². The molecule has 3 aliphatic rings. The number of rotatable bonds is 3. The fraction of sp³-hybridized carbons (Fsp3) is 0.933. The van der Waals surface area contributed by atoms with Crippen molar-refractivity contribution < 1.29 is 4.79 Å². The van der Waals surface area contributed by atoms with Crippen LogP contribution in [0.25, 0.3) is 0 Å². The molecule has 0 aromatic carbocycles. The van der Waals surface area contributed by atoms with Crippen LogP contribution in [0.1, 0.15) is 57.8 Å². The van der Waals surface area contributed by atoms with Crippen molar-refractivity contribution in [1.82, 2.24) is 10.2 Å². The summed E-state index contributed by atoms with van der Waals surface area (Å²) in [5, 5.41) is 3.15. The van der Waals surface area contributed by atoms with Gasteiger partial charge in [0.1, 0.15) is 0 Å². The van der Waals surface area contributed by atoms with Crippen molar-refractivity contribution in [1.29, 1.82) is 0 Å². The highest BCUT2D eigenvalue weighted by Gasteiger charge is 2.46. The third-order valence-corrected chi connectivity index (χ3v) is 5.20. The van der Waals surface area contributed by atoms with E-state index < -0.39 is 5.54 Å². The third kappa shape index (κ3) is 3.11. The number of carbonyl (C=O) groups excluding carboxylic acids is 1. The minimum absolute atomic E-state index is 0.0867. The number of piperidine rings is 1. The first kappa shape index (κ1) is 13.4. The smallest absolute Gasteiger partial charge is 0.240 e. The van der Waals surface area contributed by atoms with Gasteiger partial charge in [0.25, 0.3) is 0 Å². The van der Waals surface area contributed by atoms with Crippen LogP contribution in [0.5, 0.6) is 0 Å². The summed E-state index contributed by atoms with van der Waals surface area (Å²) in [5.41, 5.74) is 5.42. The van der Waals surface area contributed by atoms with E-state index >= 15 is 0 Å². The molecule has 2 aliphatic carbocycles. The maximum Gasteiger partial charge on any atom is 0.240 e. The van der Waals surface area contributed by atoms with Gasteiger partial charge < -0.3 is 16.0 Å². The molecule has 0 unspecified atom stereocenters. The Hall–Kier alpha value is -0.610. The first-order chi connectivity index (χ1) is 9.17. The first-order valence-corrected chi connectivity index (χ1v) is 8.01. The lowest BCUT2D eigenvalue weighted by atomic mass is 9.92. The van der Waals surface area contributed by atoms with E-state index in [1.807, 2.05) is 0 Å². The van der Waals surface area contributed by atoms with Gasteiger partial charge in [-0.2, -0.15) is 0 Å². The molecule has 0 atom stereocenters. The summed E-state index contributed by atoms with van der Waals surface area (Å²) in [6.07, 6.45) is 10.9. The lowest BCUT2D eigenvalue weighted by molar-refractivity contribution is -0.124. The molecule has 0 aromatic heterocycles. The molecule has 1 aliphatic heterocycles. The number of hydrogen-bond acceptors (Lipinski definition) is 3. The van der Waals surface area contributed by atoms with Crippen molar-refractivity contribution in [3.63, 3.8) is 0 Å². The predicted octanol–water partition coefficient (Wildman–Crippen LogP) is 1.39. The maximum atomic E-state index is 11.9. The van der Waals surface area contributed by atoms with E-state index in [9.17, 15) is 4.79 Å². The molecule has 0 bridgehead atoms. The molecule has 4 heteroatoms. The average molecular weight is 265 g/mol. The first-order valence-electron chi connectivity index (χ1n) is 8.01. The van der Waals surface area contributed by atoms with E-state index in [1.54, 1.807) is 0 Å². The molecule has 2 saturated carbocycles. The fourth-order valence-corrected chi connectivity index (χ4v) is 3.55. The fourth-order valence-electron chi connectivity index (χ4n) is 3.55. The molecule has 0 aromatic rings. The summed E-state index contributed by atoms with van der Waals surface area (Å²) in [6, 6.07) is 1.17. The number of nitrogens with two attached hydrogens (primary N) is 1. The van der Waals surface area contributed by atoms with Crippen LogP contribution in [0.4, 0.5) is 0 Å². The van der Waals surface area contributed by atoms with Gasteiger partial charge in [-0.1, -0.05) is 19.3 Å². The summed E-state index contributed by atoms with van der Waals surface area (Å²) in [7, 11) is 0. The van der Waals surface area contributed by atoms with Gasteiger partial charge in [-0.3, -0.25) is 4.79 Å². The van der Waals surface area contributed by atoms with E-state index in [0.29, 0.717) is 6.04 Å². The Morgan fingerprint density at radius 2 is 1.68 bits per heavy atom. The monoisotopic (exact) mass is 265 g/mol. The molecular weight excluding hydrogens is 238 g/mol. The van der Waals surface area contributed by atoms with Gasteiger partial charge in [-0.25, -0.2) is 0 Å². The van der Waals surface area contributed by atoms with Crippen molar-refractivity contribution in [3.8, 4) is 0 Å². The Morgan fingerprint density at radius 1 is 1.05 bits per heavy atom. The molecule has 3 N–H and O–H groups in total. The zero-order valence-electron chi connectivity index (χ0n) is 11.9. The number of likely N-dealkylation sites (tertiary alicyclic amines) is 1. The second kappa shape index (κ2) is 5.41. The number of amides is 1. The Morgan fingerprint density at radius 3 is 2.26 bits per heavy atom. The van der Waals surface area contributed by atoms with E-state index in [-0.39, 0.29) is 5.91 Å². The molecule has 1 heterocycles. The molecule has 0 spiro atoms. The molecule has 3 rings (SSSR count). The number of hydrogen-bond donors (Lipinski definition) is 2. The van der Waals surface area contributed by atoms with Crippen molar-refractivity contribution >= 4 is 5.91 Å². The SMILES string of the molecule is NC1(C(=O)NC2CCN(C3CCCCC3)CC2)CC1. The lowest BCUT2D eigenvalue weighted by Crippen LogP contribution is -2.52. The summed E-state index contributed by atoms with van der Waals surface area (Å²) in [4.78, 5) is 14.6. The average Bonchev–Trinajstić information content (AvgIpc) is 3.20. The third-order valence-electron chi connectivity index (χ3n) is 5.20. The van der Waals surface area contributed by atoms with Crippen molar-refractivity contribution in [2.75, 3.05) is 13.1 Å². The molecule has 1 amide bonds. The van der Waals surface area contributed by atoms with Gasteiger partial charge in [-0.15, -0.1) is 0 Å². The second-order valence-corrected chi connectivity index (χ2v) is 6.73. The summed E-state index contributed by atoms with van der Waals surface area (Å²) < 4.78 is 0. The van der Waals surface area contributed by atoms with Gasteiger partial charge >= 0.3 is 0 Å². The van der Waals surface area contributed by atoms with Crippen LogP contribution < -0.4 is 11.1 Å². The maximum absolute atomic E-state index is 11.9. The van der Waals surface area contributed by atoms with Crippen LogP contribution in [-0.2, 0) is 4.79 Å². The van der Waals surface area contributed by atoms with Crippen LogP contribution in [0.3, 0.4) is 0 Å². The standard InChI is InChI=1S/C15H27N3O/c16-15(8-9-15)14(19)17-12-6-10-18(11-7-12)13-4-2-1-3-5-13/h12-13H,1-11,16H2,(H,17,19). The molecule has 0 radical (unpaired) electrons. The quantitative estimate of drug-likeness (QED) is 0.811. The van der Waals surface area contributed by atoms with Crippen molar-refractivity contribution in [3.05, 3.63) is 0 Å². The Labute approximate surface area is 116 Å². The van der Waals surface area contributed by atoms with Crippen LogP contribution in [-0.4, -0.2) is 41.5 Å². The minimum Gasteiger partial charge on any atom is -0.352 e. The van der Waals surface area contributed by atoms with Crippen molar-refractivity contribution in [2.45, 2.75) is 75.4 Å². The summed E-state index contributed by atoms with van der Waals surface area (Å²) >= 11 is 0. The molecule has 3 fully saturated rings. The molecule has 108 valence electrons. The van der Waals surface area contributed by atoms with Gasteiger partial charge in [0.15, 0.2) is 0 Å². The van der Waals surface area contributed by atoms with Crippen LogP contribution >= 0.6 is 0 Å². The van der Waals surface area contributed by atoms with Crippen LogP contribution in [0.2, 0.25) is 0 Å². The molecule has 1 saturated heterocycles. The summed E-state index contributed by atoms with van der Waals surface area (Å²) in [6.45, 7) is 2.29. The Kier molecular flexibility index (Phi) is 3.81. The summed E-state index contributed by atoms with van der Waals surface area (Å²) in [5.74, 6) is 0.0867. The Bertz CT molecular complexity index is 326. The van der Waals surface area contributed by atoms with E-state index in [4.69, 9.17) is 5.73 Å². The predicted molar refractivity (Wildman–Crippen MR) is 75.8 cm³/mol. The number of nitrogens with zero attached hydrogens (tertiary/aromatic N) is 1. The van der Waals surface area contributed by atoms with Crippen molar-refractivity contribution in [2.24, 2.45) is 5.73 Å². The van der Waals surface area contributed by atoms with Gasteiger partial charge in [0, 0.05) is 25.2 Å². The highest BCUT2D eigenvalue weighted by atomic mass is 16.2. The largest absolute Gasteiger partial charge is 0.352 e. The zero-order chi connectivity index (χ0) is 13.3.